The third-order valence-electron chi connectivity index (χ3n) is 1.69. The second-order valence-electron chi connectivity index (χ2n) is 3.04. The Morgan fingerprint density at radius 1 is 1.64 bits per heavy atom. The molecule has 0 aliphatic heterocycles. The van der Waals surface area contributed by atoms with Gasteiger partial charge in [-0.25, -0.2) is 4.39 Å². The van der Waals surface area contributed by atoms with Crippen LogP contribution in [-0.4, -0.2) is 17.8 Å². The Hall–Kier alpha value is -1.60. The molecule has 74 valence electrons. The lowest BCUT2D eigenvalue weighted by atomic mass is 10.2. The largest absolute Gasteiger partial charge is 0.392 e. The van der Waals surface area contributed by atoms with Crippen LogP contribution in [0.3, 0.4) is 0 Å². The van der Waals surface area contributed by atoms with Crippen molar-refractivity contribution in [1.82, 2.24) is 0 Å². The molecule has 14 heavy (non-hydrogen) atoms. The molecule has 0 saturated heterocycles. The molecule has 2 N–H and O–H groups in total. The number of aliphatic hydroxyl groups is 1. The Morgan fingerprint density at radius 2 is 2.36 bits per heavy atom. The van der Waals surface area contributed by atoms with Crippen LogP contribution < -0.4 is 5.32 Å². The zero-order valence-corrected chi connectivity index (χ0v) is 7.79. The van der Waals surface area contributed by atoms with Crippen LogP contribution in [0.5, 0.6) is 0 Å². The number of aliphatic hydroxyl groups excluding tert-OH is 1. The van der Waals surface area contributed by atoms with E-state index in [1.165, 1.54) is 18.2 Å². The number of nitriles is 1. The summed E-state index contributed by atoms with van der Waals surface area (Å²) in [5.41, 5.74) is 0.629. The van der Waals surface area contributed by atoms with Gasteiger partial charge in [-0.05, 0) is 25.1 Å². The maximum Gasteiger partial charge on any atom is 0.141 e. The highest BCUT2D eigenvalue weighted by molar-refractivity contribution is 5.49. The molecule has 1 atom stereocenters. The smallest absolute Gasteiger partial charge is 0.141 e. The number of nitrogens with one attached hydrogen (secondary N) is 1. The third kappa shape index (κ3) is 2.71. The number of benzene rings is 1. The molecule has 4 heteroatoms. The van der Waals surface area contributed by atoms with E-state index in [4.69, 9.17) is 10.4 Å². The van der Waals surface area contributed by atoms with Crippen LogP contribution in [0.25, 0.3) is 0 Å². The lowest BCUT2D eigenvalue weighted by molar-refractivity contribution is 0.208. The Labute approximate surface area is 81.8 Å². The van der Waals surface area contributed by atoms with Gasteiger partial charge in [-0.1, -0.05) is 0 Å². The number of hydrogen-bond donors (Lipinski definition) is 2. The molecule has 0 radical (unpaired) electrons. The molecule has 0 unspecified atom stereocenters. The van der Waals surface area contributed by atoms with Crippen LogP contribution in [-0.2, 0) is 0 Å². The number of hydrogen-bond acceptors (Lipinski definition) is 3. The van der Waals surface area contributed by atoms with Crippen LogP contribution >= 0.6 is 0 Å². The minimum Gasteiger partial charge on any atom is -0.392 e. The predicted octanol–water partition coefficient (Wildman–Crippen LogP) is 1.49. The molecular formula is C10H11FN2O. The Bertz CT molecular complexity index is 358. The van der Waals surface area contributed by atoms with Crippen molar-refractivity contribution >= 4 is 5.69 Å². The SMILES string of the molecule is C[C@H](O)CNc1ccc(F)c(C#N)c1. The quantitative estimate of drug-likeness (QED) is 0.766. The highest BCUT2D eigenvalue weighted by atomic mass is 19.1. The van der Waals surface area contributed by atoms with E-state index in [9.17, 15) is 4.39 Å². The second-order valence-corrected chi connectivity index (χ2v) is 3.04. The molecular weight excluding hydrogens is 183 g/mol. The van der Waals surface area contributed by atoms with Crippen molar-refractivity contribution in [3.63, 3.8) is 0 Å². The molecule has 0 spiro atoms. The van der Waals surface area contributed by atoms with Crippen LogP contribution in [0, 0.1) is 17.1 Å². The standard InChI is InChI=1S/C10H11FN2O/c1-7(14)6-13-9-2-3-10(11)8(4-9)5-12/h2-4,7,13-14H,6H2,1H3/t7-/m0/s1. The predicted molar refractivity (Wildman–Crippen MR) is 51.3 cm³/mol. The van der Waals surface area contributed by atoms with Crippen LogP contribution in [0.2, 0.25) is 0 Å². The van der Waals surface area contributed by atoms with E-state index in [1.54, 1.807) is 13.0 Å². The molecule has 0 fully saturated rings. The average molecular weight is 194 g/mol. The molecule has 1 aromatic rings. The molecule has 1 rings (SSSR count). The normalized spacial score (nSPS) is 11.9. The Balaban J connectivity index is 2.76. The van der Waals surface area contributed by atoms with Gasteiger partial charge in [0.2, 0.25) is 0 Å². The van der Waals surface area contributed by atoms with E-state index in [-0.39, 0.29) is 5.56 Å². The Kier molecular flexibility index (Phi) is 3.43. The highest BCUT2D eigenvalue weighted by Gasteiger charge is 2.02. The van der Waals surface area contributed by atoms with E-state index in [0.717, 1.165) is 0 Å². The Morgan fingerprint density at radius 3 is 2.93 bits per heavy atom. The molecule has 0 aliphatic carbocycles. The van der Waals surface area contributed by atoms with Gasteiger partial charge in [-0.15, -0.1) is 0 Å². The molecule has 0 bridgehead atoms. The van der Waals surface area contributed by atoms with Crippen molar-refractivity contribution in [2.45, 2.75) is 13.0 Å². The fourth-order valence-electron chi connectivity index (χ4n) is 0.986. The minimum atomic E-state index is -0.532. The lowest BCUT2D eigenvalue weighted by Gasteiger charge is -2.08. The fraction of sp³-hybridized carbons (Fsp3) is 0.300. The lowest BCUT2D eigenvalue weighted by Crippen LogP contribution is -2.15. The van der Waals surface area contributed by atoms with Crippen LogP contribution in [0.1, 0.15) is 12.5 Å². The molecule has 0 aliphatic rings. The summed E-state index contributed by atoms with van der Waals surface area (Å²) in [5, 5.41) is 20.4. The van der Waals surface area contributed by atoms with Crippen molar-refractivity contribution in [2.75, 3.05) is 11.9 Å². The monoisotopic (exact) mass is 194 g/mol. The van der Waals surface area contributed by atoms with Gasteiger partial charge in [-0.2, -0.15) is 5.26 Å². The first kappa shape index (κ1) is 10.5. The number of anilines is 1. The van der Waals surface area contributed by atoms with Gasteiger partial charge in [0.25, 0.3) is 0 Å². The summed E-state index contributed by atoms with van der Waals surface area (Å²) in [6.45, 7) is 2.01. The summed E-state index contributed by atoms with van der Waals surface area (Å²) in [5.74, 6) is -0.532. The molecule has 3 nitrogen and oxygen atoms in total. The summed E-state index contributed by atoms with van der Waals surface area (Å²) >= 11 is 0. The van der Waals surface area contributed by atoms with Gasteiger partial charge in [-0.3, -0.25) is 0 Å². The number of rotatable bonds is 3. The maximum atomic E-state index is 12.9. The van der Waals surface area contributed by atoms with Crippen molar-refractivity contribution in [3.05, 3.63) is 29.6 Å². The van der Waals surface area contributed by atoms with Gasteiger partial charge in [0, 0.05) is 12.2 Å². The zero-order valence-electron chi connectivity index (χ0n) is 7.79. The topological polar surface area (TPSA) is 56.0 Å². The minimum absolute atomic E-state index is 0.000549. The molecule has 0 amide bonds. The van der Waals surface area contributed by atoms with Gasteiger partial charge < -0.3 is 10.4 Å². The van der Waals surface area contributed by atoms with Gasteiger partial charge in [0.1, 0.15) is 11.9 Å². The molecule has 0 aromatic heterocycles. The summed E-state index contributed by atoms with van der Waals surface area (Å²) in [6, 6.07) is 5.91. The zero-order chi connectivity index (χ0) is 10.6. The van der Waals surface area contributed by atoms with Gasteiger partial charge >= 0.3 is 0 Å². The first-order chi connectivity index (χ1) is 6.63. The summed E-state index contributed by atoms with van der Waals surface area (Å²) in [4.78, 5) is 0. The van der Waals surface area contributed by atoms with E-state index in [1.807, 2.05) is 0 Å². The van der Waals surface area contributed by atoms with Crippen LogP contribution in [0.15, 0.2) is 18.2 Å². The van der Waals surface area contributed by atoms with E-state index in [2.05, 4.69) is 5.32 Å². The van der Waals surface area contributed by atoms with Crippen molar-refractivity contribution in [3.8, 4) is 6.07 Å². The first-order valence-corrected chi connectivity index (χ1v) is 4.25. The summed E-state index contributed by atoms with van der Waals surface area (Å²) in [6.07, 6.45) is -0.481. The maximum absolute atomic E-state index is 12.9. The first-order valence-electron chi connectivity index (χ1n) is 4.25. The van der Waals surface area contributed by atoms with Crippen molar-refractivity contribution in [2.24, 2.45) is 0 Å². The second kappa shape index (κ2) is 4.58. The van der Waals surface area contributed by atoms with E-state index >= 15 is 0 Å². The molecule has 0 heterocycles. The average Bonchev–Trinajstić information content (AvgIpc) is 2.16. The third-order valence-corrected chi connectivity index (χ3v) is 1.69. The number of nitrogens with zero attached hydrogens (tertiary/aromatic N) is 1. The van der Waals surface area contributed by atoms with E-state index in [0.29, 0.717) is 12.2 Å². The van der Waals surface area contributed by atoms with Crippen molar-refractivity contribution in [1.29, 1.82) is 5.26 Å². The molecule has 1 aromatic carbocycles. The fourth-order valence-corrected chi connectivity index (χ4v) is 0.986. The van der Waals surface area contributed by atoms with Gasteiger partial charge in [0.15, 0.2) is 0 Å². The molecule has 0 saturated carbocycles. The van der Waals surface area contributed by atoms with E-state index < -0.39 is 11.9 Å². The summed E-state index contributed by atoms with van der Waals surface area (Å²) in [7, 11) is 0. The summed E-state index contributed by atoms with van der Waals surface area (Å²) < 4.78 is 12.9. The van der Waals surface area contributed by atoms with Gasteiger partial charge in [0.05, 0.1) is 11.7 Å². The van der Waals surface area contributed by atoms with Crippen LogP contribution in [0.4, 0.5) is 10.1 Å². The number of halogens is 1. The van der Waals surface area contributed by atoms with Crippen molar-refractivity contribution < 1.29 is 9.50 Å². The highest BCUT2D eigenvalue weighted by Crippen LogP contribution is 2.13.